The number of nitrogens with one attached hydrogen (secondary N) is 1. The second-order valence-corrected chi connectivity index (χ2v) is 7.49. The molecule has 0 saturated carbocycles. The molecular formula is C24H21N3O2S. The van der Waals surface area contributed by atoms with E-state index in [2.05, 4.69) is 21.4 Å². The van der Waals surface area contributed by atoms with Crippen LogP contribution in [0.15, 0.2) is 78.6 Å². The number of carbonyl (C=O) groups is 1. The summed E-state index contributed by atoms with van der Waals surface area (Å²) in [4.78, 5) is 21.4. The maximum absolute atomic E-state index is 13.0. The smallest absolute Gasteiger partial charge is 0.255 e. The van der Waals surface area contributed by atoms with E-state index in [1.54, 1.807) is 29.9 Å². The number of rotatable bonds is 7. The van der Waals surface area contributed by atoms with Crippen LogP contribution in [0.2, 0.25) is 0 Å². The van der Waals surface area contributed by atoms with E-state index in [9.17, 15) is 4.79 Å². The van der Waals surface area contributed by atoms with Crippen molar-refractivity contribution in [2.75, 3.05) is 6.61 Å². The Morgan fingerprint density at radius 1 is 1.00 bits per heavy atom. The number of hydrogen-bond donors (Lipinski definition) is 1. The molecule has 4 rings (SSSR count). The molecule has 0 spiro atoms. The summed E-state index contributed by atoms with van der Waals surface area (Å²) in [5.74, 6) is 0.401. The summed E-state index contributed by atoms with van der Waals surface area (Å²) in [6.07, 6.45) is 5.27. The largest absolute Gasteiger partial charge is 0.493 e. The summed E-state index contributed by atoms with van der Waals surface area (Å²) in [5, 5.41) is 5.93. The molecule has 0 aliphatic carbocycles. The summed E-state index contributed by atoms with van der Waals surface area (Å²) in [6, 6.07) is 17.5. The molecule has 4 aromatic rings. The van der Waals surface area contributed by atoms with Crippen LogP contribution in [0.5, 0.6) is 5.75 Å². The van der Waals surface area contributed by atoms with Gasteiger partial charge in [-0.25, -0.2) is 4.98 Å². The number of hydrogen-bond acceptors (Lipinski definition) is 5. The van der Waals surface area contributed by atoms with Gasteiger partial charge in [0.1, 0.15) is 10.8 Å². The quantitative estimate of drug-likeness (QED) is 0.451. The Bertz CT molecular complexity index is 1130. The van der Waals surface area contributed by atoms with Crippen LogP contribution in [0.3, 0.4) is 0 Å². The molecule has 5 nitrogen and oxygen atoms in total. The Kier molecular flexibility index (Phi) is 6.15. The highest BCUT2D eigenvalue weighted by Gasteiger charge is 2.14. The van der Waals surface area contributed by atoms with E-state index in [-0.39, 0.29) is 5.91 Å². The van der Waals surface area contributed by atoms with Crippen molar-refractivity contribution in [3.63, 3.8) is 0 Å². The van der Waals surface area contributed by atoms with Gasteiger partial charge < -0.3 is 10.1 Å². The first-order valence-electron chi connectivity index (χ1n) is 9.69. The average Bonchev–Trinajstić information content (AvgIpc) is 3.34. The molecule has 0 fully saturated rings. The normalized spacial score (nSPS) is 10.6. The van der Waals surface area contributed by atoms with Crippen molar-refractivity contribution >= 4 is 17.2 Å². The zero-order valence-corrected chi connectivity index (χ0v) is 17.4. The van der Waals surface area contributed by atoms with Crippen molar-refractivity contribution in [1.82, 2.24) is 15.3 Å². The van der Waals surface area contributed by atoms with Gasteiger partial charge in [-0.1, -0.05) is 24.3 Å². The Morgan fingerprint density at radius 3 is 2.63 bits per heavy atom. The molecule has 0 unspecified atom stereocenters. The first kappa shape index (κ1) is 19.8. The van der Waals surface area contributed by atoms with Crippen molar-refractivity contribution < 1.29 is 9.53 Å². The Labute approximate surface area is 179 Å². The van der Waals surface area contributed by atoms with E-state index >= 15 is 0 Å². The first-order chi connectivity index (χ1) is 14.7. The van der Waals surface area contributed by atoms with Crippen LogP contribution >= 0.6 is 11.3 Å². The molecule has 1 N–H and O–H groups in total. The Morgan fingerprint density at radius 2 is 1.87 bits per heavy atom. The summed E-state index contributed by atoms with van der Waals surface area (Å²) in [5.41, 5.74) is 4.52. The Hall–Kier alpha value is -3.51. The maximum atomic E-state index is 13.0. The van der Waals surface area contributed by atoms with Gasteiger partial charge in [0.15, 0.2) is 0 Å². The topological polar surface area (TPSA) is 64.1 Å². The fourth-order valence-corrected chi connectivity index (χ4v) is 3.81. The Balaban J connectivity index is 1.54. The van der Waals surface area contributed by atoms with Crippen molar-refractivity contribution in [2.24, 2.45) is 0 Å². The fraction of sp³-hybridized carbons (Fsp3) is 0.125. The molecule has 1 amide bonds. The van der Waals surface area contributed by atoms with Gasteiger partial charge in [0.2, 0.25) is 0 Å². The SMILES string of the molecule is CCOc1ccc(-c2ccncc2)cc1C(=O)NCc1cccc(-c2nccs2)c1. The first-order valence-corrected chi connectivity index (χ1v) is 10.6. The number of ether oxygens (including phenoxy) is 1. The fourth-order valence-electron chi connectivity index (χ4n) is 3.17. The summed E-state index contributed by atoms with van der Waals surface area (Å²) < 4.78 is 5.69. The standard InChI is InChI=1S/C24H21N3O2S/c1-2-29-22-7-6-19(18-8-10-25-11-9-18)15-21(22)23(28)27-16-17-4-3-5-20(14-17)24-26-12-13-30-24/h3-15H,2,16H2,1H3,(H,27,28). The zero-order valence-electron chi connectivity index (χ0n) is 16.5. The lowest BCUT2D eigenvalue weighted by atomic mass is 10.0. The number of amides is 1. The molecule has 0 radical (unpaired) electrons. The summed E-state index contributed by atoms with van der Waals surface area (Å²) in [7, 11) is 0. The minimum Gasteiger partial charge on any atom is -0.493 e. The van der Waals surface area contributed by atoms with E-state index in [1.807, 2.05) is 60.8 Å². The lowest BCUT2D eigenvalue weighted by molar-refractivity contribution is 0.0947. The van der Waals surface area contributed by atoms with Gasteiger partial charge in [-0.3, -0.25) is 9.78 Å². The molecule has 2 aromatic heterocycles. The van der Waals surface area contributed by atoms with E-state index in [0.717, 1.165) is 27.3 Å². The van der Waals surface area contributed by atoms with Crippen molar-refractivity contribution in [3.8, 4) is 27.4 Å². The molecule has 0 saturated heterocycles. The second-order valence-electron chi connectivity index (χ2n) is 6.60. The molecule has 6 heteroatoms. The van der Waals surface area contributed by atoms with E-state index in [4.69, 9.17) is 4.74 Å². The molecule has 0 bridgehead atoms. The third-order valence-electron chi connectivity index (χ3n) is 4.60. The van der Waals surface area contributed by atoms with Crippen LogP contribution in [-0.4, -0.2) is 22.5 Å². The lowest BCUT2D eigenvalue weighted by Gasteiger charge is -2.13. The van der Waals surface area contributed by atoms with Gasteiger partial charge in [-0.05, 0) is 53.9 Å². The lowest BCUT2D eigenvalue weighted by Crippen LogP contribution is -2.23. The zero-order chi connectivity index (χ0) is 20.8. The summed E-state index contributed by atoms with van der Waals surface area (Å²) >= 11 is 1.59. The van der Waals surface area contributed by atoms with Crippen LogP contribution in [0.4, 0.5) is 0 Å². The van der Waals surface area contributed by atoms with Gasteiger partial charge in [0, 0.05) is 36.1 Å². The number of pyridine rings is 1. The van der Waals surface area contributed by atoms with Crippen LogP contribution in [0.25, 0.3) is 21.7 Å². The predicted molar refractivity (Wildman–Crippen MR) is 120 cm³/mol. The number of nitrogens with zero attached hydrogens (tertiary/aromatic N) is 2. The minimum absolute atomic E-state index is 0.172. The van der Waals surface area contributed by atoms with Crippen LogP contribution < -0.4 is 10.1 Å². The molecule has 30 heavy (non-hydrogen) atoms. The number of carbonyl (C=O) groups excluding carboxylic acids is 1. The third kappa shape index (κ3) is 4.55. The molecule has 0 atom stereocenters. The number of benzene rings is 2. The van der Waals surface area contributed by atoms with Crippen molar-refractivity contribution in [2.45, 2.75) is 13.5 Å². The van der Waals surface area contributed by atoms with Gasteiger partial charge in [-0.2, -0.15) is 0 Å². The van der Waals surface area contributed by atoms with E-state index < -0.39 is 0 Å². The van der Waals surface area contributed by atoms with Gasteiger partial charge in [0.25, 0.3) is 5.91 Å². The second kappa shape index (κ2) is 9.33. The third-order valence-corrected chi connectivity index (χ3v) is 5.42. The number of thiazole rings is 1. The van der Waals surface area contributed by atoms with Crippen LogP contribution in [0, 0.1) is 0 Å². The molecule has 150 valence electrons. The monoisotopic (exact) mass is 415 g/mol. The van der Waals surface area contributed by atoms with Gasteiger partial charge in [0.05, 0.1) is 12.2 Å². The molecular weight excluding hydrogens is 394 g/mol. The molecule has 2 aromatic carbocycles. The minimum atomic E-state index is -0.172. The highest BCUT2D eigenvalue weighted by molar-refractivity contribution is 7.13. The van der Waals surface area contributed by atoms with E-state index in [1.165, 1.54) is 0 Å². The van der Waals surface area contributed by atoms with Crippen molar-refractivity contribution in [1.29, 1.82) is 0 Å². The van der Waals surface area contributed by atoms with Crippen LogP contribution in [0.1, 0.15) is 22.8 Å². The predicted octanol–water partition coefficient (Wildman–Crippen LogP) is 5.20. The maximum Gasteiger partial charge on any atom is 0.255 e. The molecule has 0 aliphatic rings. The van der Waals surface area contributed by atoms with Crippen molar-refractivity contribution in [3.05, 3.63) is 89.7 Å². The highest BCUT2D eigenvalue weighted by atomic mass is 32.1. The average molecular weight is 416 g/mol. The van der Waals surface area contributed by atoms with Crippen LogP contribution in [-0.2, 0) is 6.54 Å². The van der Waals surface area contributed by atoms with Gasteiger partial charge in [-0.15, -0.1) is 11.3 Å². The molecule has 2 heterocycles. The summed E-state index contributed by atoms with van der Waals surface area (Å²) in [6.45, 7) is 2.82. The van der Waals surface area contributed by atoms with Gasteiger partial charge >= 0.3 is 0 Å². The molecule has 0 aliphatic heterocycles. The number of aromatic nitrogens is 2. The highest BCUT2D eigenvalue weighted by Crippen LogP contribution is 2.27. The van der Waals surface area contributed by atoms with E-state index in [0.29, 0.717) is 24.5 Å².